The summed E-state index contributed by atoms with van der Waals surface area (Å²) in [6, 6.07) is 1.61. The average Bonchev–Trinajstić information content (AvgIpc) is 2.17. The molecule has 6 heteroatoms. The van der Waals surface area contributed by atoms with Crippen LogP contribution in [0.4, 0.5) is 5.82 Å². The molecule has 0 aromatic carbocycles. The van der Waals surface area contributed by atoms with Crippen LogP contribution in [0.25, 0.3) is 0 Å². The number of aromatic nitrogens is 1. The molecule has 1 aromatic heterocycles. The first-order valence-electron chi connectivity index (χ1n) is 3.81. The highest BCUT2D eigenvalue weighted by atomic mass is 16.5. The van der Waals surface area contributed by atoms with E-state index in [1.54, 1.807) is 6.07 Å². The molecule has 0 aliphatic rings. The molecule has 0 radical (unpaired) electrons. The molecule has 0 aliphatic heterocycles. The number of pyridine rings is 1. The van der Waals surface area contributed by atoms with E-state index in [4.69, 9.17) is 21.7 Å². The molecule has 6 nitrogen and oxygen atoms in total. The number of nitrogen functional groups attached to an aromatic ring is 1. The van der Waals surface area contributed by atoms with Crippen molar-refractivity contribution < 1.29 is 4.74 Å². The van der Waals surface area contributed by atoms with E-state index < -0.39 is 0 Å². The van der Waals surface area contributed by atoms with Crippen molar-refractivity contribution in [2.75, 3.05) is 12.8 Å². The third-order valence-electron chi connectivity index (χ3n) is 1.63. The zero-order chi connectivity index (χ0) is 10.6. The Bertz CT molecular complexity index is 374. The van der Waals surface area contributed by atoms with Crippen LogP contribution in [0.2, 0.25) is 0 Å². The SMILES string of the molecule is COc1c(C(=N)/C=N\N)ccnc1N. The van der Waals surface area contributed by atoms with Crippen molar-refractivity contribution in [3.05, 3.63) is 17.8 Å². The largest absolute Gasteiger partial charge is 0.492 e. The molecule has 5 N–H and O–H groups in total. The van der Waals surface area contributed by atoms with Gasteiger partial charge in [0.25, 0.3) is 0 Å². The summed E-state index contributed by atoms with van der Waals surface area (Å²) < 4.78 is 5.01. The summed E-state index contributed by atoms with van der Waals surface area (Å²) in [6.07, 6.45) is 2.70. The van der Waals surface area contributed by atoms with E-state index in [1.807, 2.05) is 0 Å². The number of nitrogens with two attached hydrogens (primary N) is 2. The average molecular weight is 193 g/mol. The van der Waals surface area contributed by atoms with Gasteiger partial charge in [0.1, 0.15) is 0 Å². The summed E-state index contributed by atoms with van der Waals surface area (Å²) in [5, 5.41) is 10.8. The molecule has 1 aromatic rings. The number of hydrogen-bond donors (Lipinski definition) is 3. The minimum absolute atomic E-state index is 0.124. The lowest BCUT2D eigenvalue weighted by molar-refractivity contribution is 0.414. The number of nitrogens with one attached hydrogen (secondary N) is 1. The van der Waals surface area contributed by atoms with E-state index in [0.29, 0.717) is 11.3 Å². The molecule has 0 atom stereocenters. The van der Waals surface area contributed by atoms with E-state index in [-0.39, 0.29) is 11.5 Å². The van der Waals surface area contributed by atoms with Gasteiger partial charge in [-0.05, 0) is 6.07 Å². The van der Waals surface area contributed by atoms with Gasteiger partial charge in [0.05, 0.1) is 19.0 Å². The second kappa shape index (κ2) is 4.22. The van der Waals surface area contributed by atoms with Crippen LogP contribution in [0.1, 0.15) is 5.56 Å². The van der Waals surface area contributed by atoms with E-state index in [9.17, 15) is 0 Å². The van der Waals surface area contributed by atoms with Gasteiger partial charge in [-0.1, -0.05) is 0 Å². The Hall–Kier alpha value is -2.11. The summed E-state index contributed by atoms with van der Waals surface area (Å²) in [6.45, 7) is 0. The molecular weight excluding hydrogens is 182 g/mol. The zero-order valence-corrected chi connectivity index (χ0v) is 7.69. The molecule has 14 heavy (non-hydrogen) atoms. The molecule has 0 amide bonds. The summed E-state index contributed by atoms with van der Waals surface area (Å²) in [4.78, 5) is 3.83. The van der Waals surface area contributed by atoms with Gasteiger partial charge < -0.3 is 16.3 Å². The summed E-state index contributed by atoms with van der Waals surface area (Å²) in [5.74, 6) is 5.53. The fourth-order valence-electron chi connectivity index (χ4n) is 1.04. The number of rotatable bonds is 3. The molecule has 0 fully saturated rings. The Morgan fingerprint density at radius 2 is 2.43 bits per heavy atom. The van der Waals surface area contributed by atoms with Crippen LogP contribution in [-0.4, -0.2) is 24.0 Å². The molecule has 0 spiro atoms. The van der Waals surface area contributed by atoms with E-state index in [0.717, 1.165) is 0 Å². The predicted octanol–water partition coefficient (Wildman–Crippen LogP) is -0.0152. The van der Waals surface area contributed by atoms with Gasteiger partial charge in [0, 0.05) is 11.8 Å². The lowest BCUT2D eigenvalue weighted by atomic mass is 10.1. The quantitative estimate of drug-likeness (QED) is 0.356. The van der Waals surface area contributed by atoms with Crippen molar-refractivity contribution in [2.45, 2.75) is 0 Å². The van der Waals surface area contributed by atoms with E-state index >= 15 is 0 Å². The van der Waals surface area contributed by atoms with Gasteiger partial charge >= 0.3 is 0 Å². The number of methoxy groups -OCH3 is 1. The van der Waals surface area contributed by atoms with Crippen LogP contribution >= 0.6 is 0 Å². The molecule has 0 aliphatic carbocycles. The van der Waals surface area contributed by atoms with Crippen molar-refractivity contribution in [1.29, 1.82) is 5.41 Å². The fourth-order valence-corrected chi connectivity index (χ4v) is 1.04. The highest BCUT2D eigenvalue weighted by Gasteiger charge is 2.10. The van der Waals surface area contributed by atoms with Crippen molar-refractivity contribution in [3.63, 3.8) is 0 Å². The van der Waals surface area contributed by atoms with Crippen molar-refractivity contribution in [3.8, 4) is 5.75 Å². The Labute approximate surface area is 81.1 Å². The number of hydrogen-bond acceptors (Lipinski definition) is 6. The van der Waals surface area contributed by atoms with Crippen LogP contribution < -0.4 is 16.3 Å². The second-order valence-corrected chi connectivity index (χ2v) is 2.47. The molecule has 1 heterocycles. The Morgan fingerprint density at radius 1 is 1.71 bits per heavy atom. The summed E-state index contributed by atoms with van der Waals surface area (Å²) >= 11 is 0. The standard InChI is InChI=1S/C8H11N5O/c1-14-7-5(6(9)4-13-11)2-3-12-8(7)10/h2-4,9H,11H2,1H3,(H2,10,12)/b9-6?,13-4-. The van der Waals surface area contributed by atoms with Gasteiger partial charge in [-0.3, -0.25) is 5.41 Å². The first kappa shape index (κ1) is 9.97. The maximum absolute atomic E-state index is 7.58. The lowest BCUT2D eigenvalue weighted by Crippen LogP contribution is -2.07. The molecule has 0 unspecified atom stereocenters. The maximum Gasteiger partial charge on any atom is 0.170 e. The lowest BCUT2D eigenvalue weighted by Gasteiger charge is -2.07. The second-order valence-electron chi connectivity index (χ2n) is 2.47. The van der Waals surface area contributed by atoms with Gasteiger partial charge in [-0.2, -0.15) is 5.10 Å². The zero-order valence-electron chi connectivity index (χ0n) is 7.69. The molecule has 1 rings (SSSR count). The fraction of sp³-hybridized carbons (Fsp3) is 0.125. The topological polar surface area (TPSA) is 110 Å². The smallest absolute Gasteiger partial charge is 0.170 e. The Morgan fingerprint density at radius 3 is 3.00 bits per heavy atom. The van der Waals surface area contributed by atoms with Gasteiger partial charge in [-0.25, -0.2) is 4.98 Å². The Kier molecular flexibility index (Phi) is 3.01. The Balaban J connectivity index is 3.20. The third kappa shape index (κ3) is 1.79. The first-order chi connectivity index (χ1) is 6.70. The van der Waals surface area contributed by atoms with Crippen LogP contribution in [0.3, 0.4) is 0 Å². The van der Waals surface area contributed by atoms with Crippen LogP contribution in [0.15, 0.2) is 17.4 Å². The summed E-state index contributed by atoms with van der Waals surface area (Å²) in [5.41, 5.74) is 6.19. The van der Waals surface area contributed by atoms with Gasteiger partial charge in [0.2, 0.25) is 0 Å². The first-order valence-corrected chi connectivity index (χ1v) is 3.81. The number of anilines is 1. The molecule has 0 saturated heterocycles. The minimum atomic E-state index is 0.124. The molecule has 74 valence electrons. The van der Waals surface area contributed by atoms with Crippen molar-refractivity contribution in [1.82, 2.24) is 4.98 Å². The monoisotopic (exact) mass is 193 g/mol. The van der Waals surface area contributed by atoms with Crippen LogP contribution in [0.5, 0.6) is 5.75 Å². The predicted molar refractivity (Wildman–Crippen MR) is 54.7 cm³/mol. The van der Waals surface area contributed by atoms with Gasteiger partial charge in [0.15, 0.2) is 11.6 Å². The number of ether oxygens (including phenoxy) is 1. The minimum Gasteiger partial charge on any atom is -0.492 e. The number of nitrogens with zero attached hydrogens (tertiary/aromatic N) is 2. The normalized spacial score (nSPS) is 10.4. The van der Waals surface area contributed by atoms with Crippen LogP contribution in [-0.2, 0) is 0 Å². The van der Waals surface area contributed by atoms with Gasteiger partial charge in [-0.15, -0.1) is 0 Å². The maximum atomic E-state index is 7.58. The highest BCUT2D eigenvalue weighted by Crippen LogP contribution is 2.23. The molecule has 0 bridgehead atoms. The molecular formula is C8H11N5O. The number of hydrazone groups is 1. The molecule has 0 saturated carbocycles. The third-order valence-corrected chi connectivity index (χ3v) is 1.63. The van der Waals surface area contributed by atoms with E-state index in [1.165, 1.54) is 19.5 Å². The van der Waals surface area contributed by atoms with Crippen molar-refractivity contribution in [2.24, 2.45) is 10.9 Å². The van der Waals surface area contributed by atoms with Crippen LogP contribution in [0, 0.1) is 5.41 Å². The summed E-state index contributed by atoms with van der Waals surface area (Å²) in [7, 11) is 1.46. The van der Waals surface area contributed by atoms with E-state index in [2.05, 4.69) is 10.1 Å². The van der Waals surface area contributed by atoms with Crippen molar-refractivity contribution >= 4 is 17.7 Å². The highest BCUT2D eigenvalue weighted by molar-refractivity contribution is 6.37.